The molecular weight excluding hydrogens is 358 g/mol. The van der Waals surface area contributed by atoms with Crippen molar-refractivity contribution in [2.24, 2.45) is 0 Å². The highest BCUT2D eigenvalue weighted by molar-refractivity contribution is 5.74. The van der Waals surface area contributed by atoms with E-state index in [2.05, 4.69) is 31.3 Å². The SMILES string of the molecule is CCN(CC(=O)O)C1CCN(C(=O)NCCOc2ccc(C(C)C)cc2)CC1. The van der Waals surface area contributed by atoms with Crippen molar-refractivity contribution in [2.75, 3.05) is 39.3 Å². The van der Waals surface area contributed by atoms with Crippen molar-refractivity contribution in [3.05, 3.63) is 29.8 Å². The molecule has 1 aromatic carbocycles. The van der Waals surface area contributed by atoms with E-state index in [-0.39, 0.29) is 18.6 Å². The number of likely N-dealkylation sites (tertiary alicyclic amines) is 1. The third-order valence-corrected chi connectivity index (χ3v) is 5.21. The van der Waals surface area contributed by atoms with Crippen LogP contribution in [-0.4, -0.2) is 72.3 Å². The molecule has 0 spiro atoms. The summed E-state index contributed by atoms with van der Waals surface area (Å²) in [4.78, 5) is 27.0. The lowest BCUT2D eigenvalue weighted by molar-refractivity contribution is -0.139. The van der Waals surface area contributed by atoms with E-state index in [4.69, 9.17) is 9.84 Å². The molecule has 1 aliphatic heterocycles. The largest absolute Gasteiger partial charge is 0.492 e. The molecule has 28 heavy (non-hydrogen) atoms. The molecule has 156 valence electrons. The van der Waals surface area contributed by atoms with E-state index in [1.807, 2.05) is 24.0 Å². The molecule has 0 radical (unpaired) electrons. The first-order chi connectivity index (χ1) is 13.4. The molecule has 1 heterocycles. The molecule has 0 aromatic heterocycles. The van der Waals surface area contributed by atoms with Crippen molar-refractivity contribution < 1.29 is 19.4 Å². The minimum atomic E-state index is -0.805. The molecule has 0 unspecified atom stereocenters. The zero-order chi connectivity index (χ0) is 20.5. The Kier molecular flexibility index (Phi) is 8.57. The van der Waals surface area contributed by atoms with Gasteiger partial charge in [0, 0.05) is 19.1 Å². The lowest BCUT2D eigenvalue weighted by Crippen LogP contribution is -2.50. The van der Waals surface area contributed by atoms with Gasteiger partial charge in [0.1, 0.15) is 12.4 Å². The van der Waals surface area contributed by atoms with E-state index in [1.165, 1.54) is 5.56 Å². The maximum Gasteiger partial charge on any atom is 0.317 e. The van der Waals surface area contributed by atoms with Crippen LogP contribution in [0.2, 0.25) is 0 Å². The van der Waals surface area contributed by atoms with Crippen molar-refractivity contribution in [1.82, 2.24) is 15.1 Å². The zero-order valence-electron chi connectivity index (χ0n) is 17.2. The first-order valence-corrected chi connectivity index (χ1v) is 10.1. The molecule has 1 aliphatic rings. The zero-order valence-corrected chi connectivity index (χ0v) is 17.2. The Morgan fingerprint density at radius 1 is 1.25 bits per heavy atom. The summed E-state index contributed by atoms with van der Waals surface area (Å²) in [7, 11) is 0. The van der Waals surface area contributed by atoms with Crippen molar-refractivity contribution in [2.45, 2.75) is 45.6 Å². The maximum atomic E-state index is 12.3. The lowest BCUT2D eigenvalue weighted by Gasteiger charge is -2.37. The van der Waals surface area contributed by atoms with Gasteiger partial charge in [-0.05, 0) is 43.0 Å². The van der Waals surface area contributed by atoms with Crippen molar-refractivity contribution in [3.8, 4) is 5.75 Å². The fourth-order valence-electron chi connectivity index (χ4n) is 3.49. The topological polar surface area (TPSA) is 82.1 Å². The van der Waals surface area contributed by atoms with Gasteiger partial charge in [0.25, 0.3) is 0 Å². The fourth-order valence-corrected chi connectivity index (χ4v) is 3.49. The van der Waals surface area contributed by atoms with Crippen molar-refractivity contribution in [3.63, 3.8) is 0 Å². The number of aliphatic carboxylic acids is 1. The number of hydrogen-bond acceptors (Lipinski definition) is 4. The number of likely N-dealkylation sites (N-methyl/N-ethyl adjacent to an activating group) is 1. The predicted octanol–water partition coefficient (Wildman–Crippen LogP) is 2.77. The van der Waals surface area contributed by atoms with Gasteiger partial charge in [-0.1, -0.05) is 32.9 Å². The van der Waals surface area contributed by atoms with Crippen LogP contribution in [0, 0.1) is 0 Å². The molecule has 0 atom stereocenters. The van der Waals surface area contributed by atoms with E-state index in [0.29, 0.717) is 38.7 Å². The molecule has 7 heteroatoms. The van der Waals surface area contributed by atoms with Crippen molar-refractivity contribution in [1.29, 1.82) is 0 Å². The Labute approximate surface area is 167 Å². The van der Waals surface area contributed by atoms with Crippen molar-refractivity contribution >= 4 is 12.0 Å². The fraction of sp³-hybridized carbons (Fsp3) is 0.619. The third-order valence-electron chi connectivity index (χ3n) is 5.21. The highest BCUT2D eigenvalue weighted by Crippen LogP contribution is 2.18. The molecule has 1 fully saturated rings. The minimum absolute atomic E-state index is 0.0584. The number of carbonyl (C=O) groups excluding carboxylic acids is 1. The van der Waals surface area contributed by atoms with E-state index in [0.717, 1.165) is 18.6 Å². The molecular formula is C21H33N3O4. The number of ether oxygens (including phenoxy) is 1. The standard InChI is InChI=1S/C21H33N3O4/c1-4-23(15-20(25)26)18-9-12-24(13-10-18)21(27)22-11-14-28-19-7-5-17(6-8-19)16(2)3/h5-8,16,18H,4,9-15H2,1-3H3,(H,22,27)(H,25,26). The van der Waals surface area contributed by atoms with Gasteiger partial charge in [-0.15, -0.1) is 0 Å². The first-order valence-electron chi connectivity index (χ1n) is 10.1. The third kappa shape index (κ3) is 6.71. The number of benzene rings is 1. The summed E-state index contributed by atoms with van der Waals surface area (Å²) in [5.41, 5.74) is 1.27. The normalized spacial score (nSPS) is 15.1. The molecule has 2 N–H and O–H groups in total. The Balaban J connectivity index is 1.66. The smallest absolute Gasteiger partial charge is 0.317 e. The van der Waals surface area contributed by atoms with E-state index in [1.54, 1.807) is 4.90 Å². The number of hydrogen-bond donors (Lipinski definition) is 2. The molecule has 7 nitrogen and oxygen atoms in total. The van der Waals surface area contributed by atoms with Gasteiger partial charge in [0.05, 0.1) is 13.1 Å². The van der Waals surface area contributed by atoms with E-state index >= 15 is 0 Å². The molecule has 0 aliphatic carbocycles. The van der Waals surface area contributed by atoms with E-state index in [9.17, 15) is 9.59 Å². The summed E-state index contributed by atoms with van der Waals surface area (Å²) in [5, 5.41) is 11.9. The number of carboxylic acid groups (broad SMARTS) is 1. The van der Waals surface area contributed by atoms with Crippen LogP contribution in [0.1, 0.15) is 45.1 Å². The van der Waals surface area contributed by atoms with Gasteiger partial charge in [0.2, 0.25) is 0 Å². The van der Waals surface area contributed by atoms with Crippen LogP contribution in [0.3, 0.4) is 0 Å². The quantitative estimate of drug-likeness (QED) is 0.633. The molecule has 1 aromatic rings. The molecule has 0 saturated carbocycles. The van der Waals surface area contributed by atoms with Crippen LogP contribution in [-0.2, 0) is 4.79 Å². The minimum Gasteiger partial charge on any atom is -0.492 e. The summed E-state index contributed by atoms with van der Waals surface area (Å²) in [6.07, 6.45) is 1.60. The average Bonchev–Trinajstić information content (AvgIpc) is 2.69. The van der Waals surface area contributed by atoms with Crippen LogP contribution in [0.4, 0.5) is 4.79 Å². The van der Waals surface area contributed by atoms with Crippen LogP contribution in [0.25, 0.3) is 0 Å². The second kappa shape index (κ2) is 10.9. The number of rotatable bonds is 9. The summed E-state index contributed by atoms with van der Waals surface area (Å²) in [6, 6.07) is 8.18. The van der Waals surface area contributed by atoms with E-state index < -0.39 is 5.97 Å². The lowest BCUT2D eigenvalue weighted by atomic mass is 10.0. The average molecular weight is 392 g/mol. The number of nitrogens with one attached hydrogen (secondary N) is 1. The molecule has 0 bridgehead atoms. The summed E-state index contributed by atoms with van der Waals surface area (Å²) >= 11 is 0. The summed E-state index contributed by atoms with van der Waals surface area (Å²) < 4.78 is 5.68. The number of carbonyl (C=O) groups is 2. The molecule has 2 amide bonds. The second-order valence-corrected chi connectivity index (χ2v) is 7.48. The Morgan fingerprint density at radius 3 is 2.43 bits per heavy atom. The monoisotopic (exact) mass is 391 g/mol. The van der Waals surface area contributed by atoms with Crippen LogP contribution >= 0.6 is 0 Å². The number of carboxylic acids is 1. The Bertz CT molecular complexity index is 625. The van der Waals surface area contributed by atoms with Gasteiger partial charge in [-0.2, -0.15) is 0 Å². The van der Waals surface area contributed by atoms with Crippen LogP contribution in [0.15, 0.2) is 24.3 Å². The first kappa shape index (κ1) is 22.0. The number of piperidine rings is 1. The van der Waals surface area contributed by atoms with Gasteiger partial charge < -0.3 is 20.1 Å². The number of amides is 2. The maximum absolute atomic E-state index is 12.3. The summed E-state index contributed by atoms with van der Waals surface area (Å²) in [5.74, 6) is 0.490. The molecule has 1 saturated heterocycles. The Morgan fingerprint density at radius 2 is 1.89 bits per heavy atom. The number of nitrogens with zero attached hydrogens (tertiary/aromatic N) is 2. The van der Waals surface area contributed by atoms with Gasteiger partial charge in [-0.3, -0.25) is 9.69 Å². The van der Waals surface area contributed by atoms with Gasteiger partial charge >= 0.3 is 12.0 Å². The highest BCUT2D eigenvalue weighted by atomic mass is 16.5. The summed E-state index contributed by atoms with van der Waals surface area (Å²) in [6.45, 7) is 9.20. The predicted molar refractivity (Wildman–Crippen MR) is 109 cm³/mol. The van der Waals surface area contributed by atoms with Gasteiger partial charge in [-0.25, -0.2) is 4.79 Å². The molecule has 2 rings (SSSR count). The number of urea groups is 1. The highest BCUT2D eigenvalue weighted by Gasteiger charge is 2.27. The Hall–Kier alpha value is -2.28. The van der Waals surface area contributed by atoms with Crippen LogP contribution in [0.5, 0.6) is 5.75 Å². The van der Waals surface area contributed by atoms with Crippen LogP contribution < -0.4 is 10.1 Å². The van der Waals surface area contributed by atoms with Gasteiger partial charge in [0.15, 0.2) is 0 Å². The second-order valence-electron chi connectivity index (χ2n) is 7.48.